The number of nitrogens with zero attached hydrogens (tertiary/aromatic N) is 5. The summed E-state index contributed by atoms with van der Waals surface area (Å²) in [7, 11) is 0. The van der Waals surface area contributed by atoms with E-state index in [-0.39, 0.29) is 11.5 Å². The van der Waals surface area contributed by atoms with Gasteiger partial charge in [-0.15, -0.1) is 5.10 Å². The Hall–Kier alpha value is -1.89. The highest BCUT2D eigenvalue weighted by Gasteiger charge is 2.19. The fourth-order valence-corrected chi connectivity index (χ4v) is 2.96. The van der Waals surface area contributed by atoms with Crippen molar-refractivity contribution in [3.05, 3.63) is 30.4 Å². The first kappa shape index (κ1) is 14.1. The van der Waals surface area contributed by atoms with Gasteiger partial charge in [0.05, 0.1) is 18.4 Å². The molecular formula is C14H20N6S. The van der Waals surface area contributed by atoms with Crippen molar-refractivity contribution in [2.24, 2.45) is 0 Å². The van der Waals surface area contributed by atoms with Gasteiger partial charge in [-0.1, -0.05) is 32.1 Å². The number of hydrogen-bond acceptors (Lipinski definition) is 5. The van der Waals surface area contributed by atoms with Crippen LogP contribution >= 0.6 is 11.3 Å². The smallest absolute Gasteiger partial charge is 0.214 e. The third-order valence-corrected chi connectivity index (χ3v) is 4.06. The molecule has 0 aliphatic rings. The first-order chi connectivity index (χ1) is 9.91. The normalized spacial score (nSPS) is 13.7. The third kappa shape index (κ3) is 3.07. The molecule has 0 aliphatic heterocycles. The molecule has 3 heterocycles. The van der Waals surface area contributed by atoms with Crippen LogP contribution in [-0.4, -0.2) is 30.4 Å². The predicted molar refractivity (Wildman–Crippen MR) is 84.9 cm³/mol. The molecule has 3 aromatic rings. The summed E-state index contributed by atoms with van der Waals surface area (Å²) in [6.07, 6.45) is 5.76. The number of anilines is 1. The van der Waals surface area contributed by atoms with Crippen LogP contribution in [0.3, 0.4) is 0 Å². The monoisotopic (exact) mass is 304 g/mol. The van der Waals surface area contributed by atoms with E-state index in [4.69, 9.17) is 0 Å². The zero-order valence-corrected chi connectivity index (χ0v) is 13.6. The minimum absolute atomic E-state index is 0.0500. The van der Waals surface area contributed by atoms with Crippen LogP contribution in [-0.2, 0) is 12.0 Å². The van der Waals surface area contributed by atoms with Crippen molar-refractivity contribution in [2.45, 2.75) is 45.7 Å². The first-order valence-electron chi connectivity index (χ1n) is 7.02. The molecule has 0 aliphatic carbocycles. The lowest BCUT2D eigenvalue weighted by atomic mass is 9.93. The van der Waals surface area contributed by atoms with Gasteiger partial charge in [-0.25, -0.2) is 9.50 Å². The first-order valence-corrected chi connectivity index (χ1v) is 7.84. The molecule has 0 saturated heterocycles. The van der Waals surface area contributed by atoms with Crippen molar-refractivity contribution in [1.29, 1.82) is 0 Å². The van der Waals surface area contributed by atoms with Crippen molar-refractivity contribution in [3.8, 4) is 0 Å². The maximum atomic E-state index is 4.65. The van der Waals surface area contributed by atoms with Crippen molar-refractivity contribution in [1.82, 2.24) is 24.4 Å². The Morgan fingerprint density at radius 3 is 2.81 bits per heavy atom. The second kappa shape index (κ2) is 5.14. The van der Waals surface area contributed by atoms with Crippen LogP contribution in [0.15, 0.2) is 24.7 Å². The molecule has 0 aromatic carbocycles. The molecule has 6 nitrogen and oxygen atoms in total. The van der Waals surface area contributed by atoms with Gasteiger partial charge < -0.3 is 5.32 Å². The van der Waals surface area contributed by atoms with Crippen LogP contribution in [0.4, 0.5) is 5.13 Å². The van der Waals surface area contributed by atoms with Crippen LogP contribution in [0.2, 0.25) is 0 Å². The highest BCUT2D eigenvalue weighted by atomic mass is 32.1. The summed E-state index contributed by atoms with van der Waals surface area (Å²) in [5, 5.41) is 13.0. The Bertz CT molecular complexity index is 687. The van der Waals surface area contributed by atoms with Crippen LogP contribution in [0.1, 0.15) is 33.4 Å². The van der Waals surface area contributed by atoms with Crippen LogP contribution in [0.25, 0.3) is 4.96 Å². The van der Waals surface area contributed by atoms with E-state index in [0.717, 1.165) is 22.3 Å². The highest BCUT2D eigenvalue weighted by Crippen LogP contribution is 2.25. The topological polar surface area (TPSA) is 60.0 Å². The summed E-state index contributed by atoms with van der Waals surface area (Å²) < 4.78 is 3.77. The lowest BCUT2D eigenvalue weighted by Crippen LogP contribution is -2.22. The zero-order valence-electron chi connectivity index (χ0n) is 12.7. The number of hydrogen-bond donors (Lipinski definition) is 1. The summed E-state index contributed by atoms with van der Waals surface area (Å²) in [5.41, 5.74) is 1.12. The Labute approximate surface area is 127 Å². The maximum Gasteiger partial charge on any atom is 0.214 e. The predicted octanol–water partition coefficient (Wildman–Crippen LogP) is 2.79. The van der Waals surface area contributed by atoms with Gasteiger partial charge in [-0.05, 0) is 13.0 Å². The highest BCUT2D eigenvalue weighted by molar-refractivity contribution is 7.20. The SMILES string of the molecule is C[C@@H](Cn1cccn1)Nc1nn2cc(C(C)(C)C)nc2s1. The van der Waals surface area contributed by atoms with Gasteiger partial charge in [0.2, 0.25) is 10.1 Å². The molecule has 3 aromatic heterocycles. The molecule has 0 fully saturated rings. The lowest BCUT2D eigenvalue weighted by molar-refractivity contribution is 0.560. The summed E-state index contributed by atoms with van der Waals surface area (Å²) in [4.78, 5) is 5.57. The third-order valence-electron chi connectivity index (χ3n) is 3.20. The molecule has 0 spiro atoms. The fraction of sp³-hybridized carbons (Fsp3) is 0.500. The molecule has 1 N–H and O–H groups in total. The molecule has 1 atom stereocenters. The van der Waals surface area contributed by atoms with Crippen molar-refractivity contribution >= 4 is 21.4 Å². The minimum atomic E-state index is 0.0500. The second-order valence-electron chi connectivity index (χ2n) is 6.28. The zero-order chi connectivity index (χ0) is 15.0. The molecule has 0 unspecified atom stereocenters. The Balaban J connectivity index is 1.71. The van der Waals surface area contributed by atoms with E-state index < -0.39 is 0 Å². The summed E-state index contributed by atoms with van der Waals surface area (Å²) in [6, 6.07) is 2.18. The molecule has 21 heavy (non-hydrogen) atoms. The van der Waals surface area contributed by atoms with E-state index in [9.17, 15) is 0 Å². The number of imidazole rings is 1. The van der Waals surface area contributed by atoms with Gasteiger partial charge in [0.25, 0.3) is 0 Å². The molecular weight excluding hydrogens is 284 g/mol. The van der Waals surface area contributed by atoms with E-state index in [0.29, 0.717) is 0 Å². The van der Waals surface area contributed by atoms with Gasteiger partial charge >= 0.3 is 0 Å². The van der Waals surface area contributed by atoms with E-state index in [1.165, 1.54) is 0 Å². The summed E-state index contributed by atoms with van der Waals surface area (Å²) in [6.45, 7) is 9.40. The summed E-state index contributed by atoms with van der Waals surface area (Å²) >= 11 is 1.58. The van der Waals surface area contributed by atoms with E-state index >= 15 is 0 Å². The number of aromatic nitrogens is 5. The van der Waals surface area contributed by atoms with Crippen LogP contribution < -0.4 is 5.32 Å². The van der Waals surface area contributed by atoms with Crippen molar-refractivity contribution in [2.75, 3.05) is 5.32 Å². The number of fused-ring (bicyclic) bond motifs is 1. The molecule has 0 bridgehead atoms. The quantitative estimate of drug-likeness (QED) is 0.805. The summed E-state index contributed by atoms with van der Waals surface area (Å²) in [5.74, 6) is 0. The fourth-order valence-electron chi connectivity index (χ4n) is 2.07. The van der Waals surface area contributed by atoms with Gasteiger partial charge in [-0.2, -0.15) is 5.10 Å². The van der Waals surface area contributed by atoms with E-state index in [2.05, 4.69) is 48.2 Å². The van der Waals surface area contributed by atoms with Crippen LogP contribution in [0.5, 0.6) is 0 Å². The number of nitrogens with one attached hydrogen (secondary N) is 1. The maximum absolute atomic E-state index is 4.65. The molecule has 0 amide bonds. The standard InChI is InChI=1S/C14H20N6S/c1-10(8-19-7-5-6-15-19)16-12-18-20-9-11(14(2,3)4)17-13(20)21-12/h5-7,9-10H,8H2,1-4H3,(H,16,18)/t10-/m0/s1. The van der Waals surface area contributed by atoms with E-state index in [1.54, 1.807) is 17.5 Å². The Morgan fingerprint density at radius 2 is 2.19 bits per heavy atom. The van der Waals surface area contributed by atoms with Gasteiger partial charge in [0.15, 0.2) is 0 Å². The Morgan fingerprint density at radius 1 is 1.38 bits per heavy atom. The molecule has 0 saturated carbocycles. The number of rotatable bonds is 4. The molecule has 112 valence electrons. The van der Waals surface area contributed by atoms with Crippen molar-refractivity contribution in [3.63, 3.8) is 0 Å². The lowest BCUT2D eigenvalue weighted by Gasteiger charge is -2.14. The molecule has 7 heteroatoms. The Kier molecular flexibility index (Phi) is 3.44. The van der Waals surface area contributed by atoms with E-state index in [1.807, 2.05) is 27.7 Å². The van der Waals surface area contributed by atoms with Gasteiger partial charge in [-0.3, -0.25) is 4.68 Å². The molecule has 0 radical (unpaired) electrons. The van der Waals surface area contributed by atoms with Gasteiger partial charge in [0, 0.05) is 23.9 Å². The van der Waals surface area contributed by atoms with Crippen LogP contribution in [0, 0.1) is 0 Å². The average Bonchev–Trinajstić information content (AvgIpc) is 3.02. The molecule has 3 rings (SSSR count). The average molecular weight is 304 g/mol. The van der Waals surface area contributed by atoms with Gasteiger partial charge in [0.1, 0.15) is 0 Å². The largest absolute Gasteiger partial charge is 0.356 e. The second-order valence-corrected chi connectivity index (χ2v) is 7.24. The minimum Gasteiger partial charge on any atom is -0.356 e. The van der Waals surface area contributed by atoms with Crippen molar-refractivity contribution < 1.29 is 0 Å².